The molecule has 2 aromatic heterocycles. The number of hydrogen-bond donors (Lipinski definition) is 0. The molecule has 0 saturated carbocycles. The molecule has 5 nitrogen and oxygen atoms in total. The van der Waals surface area contributed by atoms with Gasteiger partial charge in [0.05, 0.1) is 13.3 Å². The number of fused-ring (bicyclic) bond motifs is 3. The van der Waals surface area contributed by atoms with Crippen LogP contribution in [-0.4, -0.2) is 0 Å². The van der Waals surface area contributed by atoms with Crippen molar-refractivity contribution >= 4 is 43.1 Å². The Hall–Kier alpha value is -0.990. The van der Waals surface area contributed by atoms with Gasteiger partial charge in [-0.15, -0.1) is 21.6 Å². The first-order valence-electron chi connectivity index (χ1n) is 7.25. The van der Waals surface area contributed by atoms with Crippen molar-refractivity contribution in [1.82, 2.24) is 0 Å². The molecule has 0 atom stereocenters. The van der Waals surface area contributed by atoms with Gasteiger partial charge >= 0.3 is 11.5 Å². The Bertz CT molecular complexity index is 836. The van der Waals surface area contributed by atoms with E-state index in [2.05, 4.69) is 25.1 Å². The Labute approximate surface area is 150 Å². The van der Waals surface area contributed by atoms with Crippen LogP contribution in [0, 0.1) is 17.2 Å². The molecule has 0 aliphatic rings. The molecule has 3 aromatic rings. The van der Waals surface area contributed by atoms with Gasteiger partial charge in [-0.2, -0.15) is 0 Å². The fourth-order valence-electron chi connectivity index (χ4n) is 2.41. The van der Waals surface area contributed by atoms with Crippen LogP contribution in [0.2, 0.25) is 5.02 Å². The van der Waals surface area contributed by atoms with E-state index in [9.17, 15) is 0 Å². The normalized spacial score (nSPS) is 11.6. The third kappa shape index (κ3) is 5.26. The summed E-state index contributed by atoms with van der Waals surface area (Å²) in [5.41, 5.74) is 0. The van der Waals surface area contributed by atoms with Gasteiger partial charge in [-0.25, -0.2) is 23.1 Å². The first kappa shape index (κ1) is 19.3. The minimum atomic E-state index is -4.94. The molecule has 0 aliphatic heterocycles. The zero-order valence-corrected chi connectivity index (χ0v) is 15.5. The lowest BCUT2D eigenvalue weighted by molar-refractivity contribution is -2.00. The Morgan fingerprint density at radius 3 is 2.42 bits per heavy atom. The van der Waals surface area contributed by atoms with Crippen molar-refractivity contribution in [3.05, 3.63) is 40.8 Å². The van der Waals surface area contributed by atoms with Gasteiger partial charge in [0, 0.05) is 26.6 Å². The smallest absolute Gasteiger partial charge is 0.222 e. The highest BCUT2D eigenvalue weighted by Gasteiger charge is 2.20. The summed E-state index contributed by atoms with van der Waals surface area (Å²) in [5.74, 6) is 2.09. The molecule has 0 saturated heterocycles. The van der Waals surface area contributed by atoms with Crippen molar-refractivity contribution in [1.29, 1.82) is 0 Å². The SMILES string of the molecule is CCCCc1[o+]c(C)cc2c1sc1ccc(Cl)cc12.[O-][Cl+3]([O-])([O-])[O-]. The summed E-state index contributed by atoms with van der Waals surface area (Å²) < 4.78 is 42.5. The minimum absolute atomic E-state index is 0.792. The largest absolute Gasteiger partial charge is 0.347 e. The van der Waals surface area contributed by atoms with Gasteiger partial charge in [-0.3, -0.25) is 0 Å². The van der Waals surface area contributed by atoms with Gasteiger partial charge in [-0.1, -0.05) is 24.9 Å². The fraction of sp³-hybridized carbons (Fsp3) is 0.312. The van der Waals surface area contributed by atoms with Crippen LogP contribution in [0.4, 0.5) is 0 Å². The van der Waals surface area contributed by atoms with Crippen LogP contribution < -0.4 is 18.6 Å². The van der Waals surface area contributed by atoms with Crippen LogP contribution in [0.15, 0.2) is 28.7 Å². The van der Waals surface area contributed by atoms with Gasteiger partial charge in [0.25, 0.3) is 0 Å². The lowest BCUT2D eigenvalue weighted by atomic mass is 10.1. The monoisotopic (exact) mass is 390 g/mol. The first-order valence-corrected chi connectivity index (χ1v) is 9.68. The second-order valence-electron chi connectivity index (χ2n) is 5.25. The van der Waals surface area contributed by atoms with E-state index < -0.39 is 10.2 Å². The molecule has 2 heterocycles. The van der Waals surface area contributed by atoms with Crippen molar-refractivity contribution in [2.75, 3.05) is 0 Å². The standard InChI is InChI=1S/C16H16ClOS.ClHO4/c1-3-4-5-14-16-13(8-10(2)18-14)12-9-11(17)6-7-15(12)19-16;2-1(3,4)5/h6-9H,3-5H2,1-2H3;(H,2,3,4,5)/q+1;/p-1. The number of benzene rings is 1. The maximum atomic E-state index is 8.49. The van der Waals surface area contributed by atoms with E-state index in [4.69, 9.17) is 34.7 Å². The molecule has 3 rings (SSSR count). The van der Waals surface area contributed by atoms with Gasteiger partial charge in [0.15, 0.2) is 0 Å². The summed E-state index contributed by atoms with van der Waals surface area (Å²) in [6.07, 6.45) is 3.36. The molecule has 0 aliphatic carbocycles. The van der Waals surface area contributed by atoms with Crippen molar-refractivity contribution in [2.24, 2.45) is 0 Å². The van der Waals surface area contributed by atoms with Crippen LogP contribution in [-0.2, 0) is 6.42 Å². The molecule has 0 fully saturated rings. The van der Waals surface area contributed by atoms with Crippen LogP contribution in [0.25, 0.3) is 20.2 Å². The second-order valence-corrected chi connectivity index (χ2v) is 7.49. The molecule has 0 spiro atoms. The van der Waals surface area contributed by atoms with Gasteiger partial charge in [0.2, 0.25) is 0 Å². The molecule has 0 bridgehead atoms. The molecule has 8 heteroatoms. The summed E-state index contributed by atoms with van der Waals surface area (Å²) in [5, 5.41) is 3.31. The van der Waals surface area contributed by atoms with Crippen molar-refractivity contribution < 1.29 is 33.3 Å². The van der Waals surface area contributed by atoms with Gasteiger partial charge in [-0.05, 0) is 24.6 Å². The van der Waals surface area contributed by atoms with E-state index >= 15 is 0 Å². The Balaban J connectivity index is 0.000000368. The topological polar surface area (TPSA) is 104 Å². The molecular formula is C16H16Cl2O5S. The summed E-state index contributed by atoms with van der Waals surface area (Å²) in [6, 6.07) is 8.23. The second kappa shape index (κ2) is 7.93. The highest BCUT2D eigenvalue weighted by Crippen LogP contribution is 2.38. The zero-order valence-electron chi connectivity index (χ0n) is 13.1. The maximum absolute atomic E-state index is 8.49. The van der Waals surface area contributed by atoms with Crippen molar-refractivity contribution in [3.8, 4) is 0 Å². The molecule has 0 amide bonds. The molecule has 130 valence electrons. The Morgan fingerprint density at radius 2 is 1.79 bits per heavy atom. The number of rotatable bonds is 3. The average Bonchev–Trinajstić information content (AvgIpc) is 2.81. The van der Waals surface area contributed by atoms with E-state index in [1.807, 2.05) is 13.0 Å². The summed E-state index contributed by atoms with van der Waals surface area (Å²) in [4.78, 5) is 0. The quantitative estimate of drug-likeness (QED) is 0.629. The summed E-state index contributed by atoms with van der Waals surface area (Å²) in [7, 11) is -4.94. The highest BCUT2D eigenvalue weighted by molar-refractivity contribution is 7.26. The predicted octanol–water partition coefficient (Wildman–Crippen LogP) is 1.48. The average molecular weight is 391 g/mol. The Kier molecular flexibility index (Phi) is 6.39. The highest BCUT2D eigenvalue weighted by atomic mass is 35.7. The van der Waals surface area contributed by atoms with E-state index in [1.165, 1.54) is 26.6 Å². The number of halogens is 2. The lowest BCUT2D eigenvalue weighted by Gasteiger charge is -2.17. The minimum Gasteiger partial charge on any atom is -0.222 e. The third-order valence-electron chi connectivity index (χ3n) is 3.33. The number of hydrogen-bond acceptors (Lipinski definition) is 5. The van der Waals surface area contributed by atoms with E-state index in [1.54, 1.807) is 11.3 Å². The van der Waals surface area contributed by atoms with E-state index in [-0.39, 0.29) is 0 Å². The molecule has 0 radical (unpaired) electrons. The van der Waals surface area contributed by atoms with Crippen molar-refractivity contribution in [2.45, 2.75) is 33.1 Å². The molecule has 1 aromatic carbocycles. The maximum Gasteiger partial charge on any atom is 0.347 e. The van der Waals surface area contributed by atoms with Crippen LogP contribution in [0.3, 0.4) is 0 Å². The zero-order chi connectivity index (χ0) is 17.9. The summed E-state index contributed by atoms with van der Waals surface area (Å²) in [6.45, 7) is 4.22. The third-order valence-corrected chi connectivity index (χ3v) is 4.79. The first-order chi connectivity index (χ1) is 11.2. The number of aryl methyl sites for hydroxylation is 2. The Morgan fingerprint density at radius 1 is 1.12 bits per heavy atom. The van der Waals surface area contributed by atoms with Gasteiger partial charge < -0.3 is 0 Å². The number of unbranched alkanes of at least 4 members (excludes halogenated alkanes) is 1. The molecule has 0 N–H and O–H groups in total. The summed E-state index contributed by atoms with van der Waals surface area (Å²) >= 11 is 7.92. The van der Waals surface area contributed by atoms with Crippen LogP contribution in [0.1, 0.15) is 31.3 Å². The fourth-order valence-corrected chi connectivity index (χ4v) is 3.76. The predicted molar refractivity (Wildman–Crippen MR) is 84.4 cm³/mol. The van der Waals surface area contributed by atoms with Crippen LogP contribution >= 0.6 is 22.9 Å². The number of thiophene rings is 1. The molecular weight excluding hydrogens is 375 g/mol. The van der Waals surface area contributed by atoms with Gasteiger partial charge in [0.1, 0.15) is 4.70 Å². The lowest BCUT2D eigenvalue weighted by Crippen LogP contribution is -2.68. The van der Waals surface area contributed by atoms with E-state index in [0.29, 0.717) is 0 Å². The van der Waals surface area contributed by atoms with Crippen molar-refractivity contribution in [3.63, 3.8) is 0 Å². The molecule has 0 unspecified atom stereocenters. The van der Waals surface area contributed by atoms with E-state index in [0.717, 1.165) is 29.4 Å². The van der Waals surface area contributed by atoms with Crippen LogP contribution in [0.5, 0.6) is 0 Å². The molecule has 24 heavy (non-hydrogen) atoms.